The number of hydrogen-bond donors (Lipinski definition) is 1. The summed E-state index contributed by atoms with van der Waals surface area (Å²) >= 11 is 5.60. The predicted octanol–water partition coefficient (Wildman–Crippen LogP) is 1.78. The molecule has 0 unspecified atom stereocenters. The number of carbonyl (C=O) groups excluding carboxylic acids is 1. The van der Waals surface area contributed by atoms with Gasteiger partial charge in [-0.3, -0.25) is 4.79 Å². The van der Waals surface area contributed by atoms with Crippen molar-refractivity contribution in [3.05, 3.63) is 22.3 Å². The molecule has 1 amide bonds. The van der Waals surface area contributed by atoms with Crippen LogP contribution >= 0.6 is 11.6 Å². The van der Waals surface area contributed by atoms with E-state index in [2.05, 4.69) is 9.72 Å². The Morgan fingerprint density at radius 2 is 2.27 bits per heavy atom. The summed E-state index contributed by atoms with van der Waals surface area (Å²) in [5.74, 6) is -1.18. The Bertz CT molecular complexity index is 398. The van der Waals surface area contributed by atoms with Gasteiger partial charge in [-0.1, -0.05) is 11.6 Å². The Morgan fingerprint density at radius 3 is 2.67 bits per heavy atom. The number of aromatic nitrogens is 1. The highest BCUT2D eigenvalue weighted by Gasteiger charge is 2.20. The van der Waals surface area contributed by atoms with E-state index in [-0.39, 0.29) is 16.5 Å². The topological polar surface area (TPSA) is 65.2 Å². The highest BCUT2D eigenvalue weighted by Crippen LogP contribution is 2.29. The number of nitrogens with two attached hydrogens (primary N) is 1. The molecular weight excluding hydrogens is 230 g/mol. The minimum absolute atomic E-state index is 0.204. The van der Waals surface area contributed by atoms with Crippen LogP contribution in [0.15, 0.2) is 6.07 Å². The number of amides is 1. The van der Waals surface area contributed by atoms with E-state index in [0.29, 0.717) is 0 Å². The second-order valence-electron chi connectivity index (χ2n) is 2.58. The van der Waals surface area contributed by atoms with Crippen molar-refractivity contribution in [3.63, 3.8) is 0 Å². The third-order valence-corrected chi connectivity index (χ3v) is 1.92. The normalized spacial score (nSPS) is 10.5. The molecule has 0 aromatic carbocycles. The van der Waals surface area contributed by atoms with Crippen molar-refractivity contribution in [3.8, 4) is 5.88 Å². The molecule has 0 saturated heterocycles. The van der Waals surface area contributed by atoms with Crippen molar-refractivity contribution >= 4 is 17.5 Å². The van der Waals surface area contributed by atoms with Crippen LogP contribution in [0, 0.1) is 0 Å². The average Bonchev–Trinajstić information content (AvgIpc) is 2.15. The van der Waals surface area contributed by atoms with Crippen LogP contribution in [0.1, 0.15) is 22.5 Å². The first-order chi connectivity index (χ1) is 6.97. The molecule has 0 radical (unpaired) electrons. The fourth-order valence-corrected chi connectivity index (χ4v) is 1.28. The molecule has 82 valence electrons. The van der Waals surface area contributed by atoms with E-state index in [4.69, 9.17) is 17.3 Å². The molecule has 0 aliphatic heterocycles. The maximum atomic E-state index is 12.3. The van der Waals surface area contributed by atoms with Gasteiger partial charge in [0.15, 0.2) is 0 Å². The molecule has 0 aliphatic carbocycles. The molecule has 0 aliphatic rings. The second kappa shape index (κ2) is 4.39. The molecule has 1 aromatic heterocycles. The first-order valence-corrected chi connectivity index (χ1v) is 4.17. The van der Waals surface area contributed by atoms with Crippen LogP contribution in [0.3, 0.4) is 0 Å². The minimum Gasteiger partial charge on any atom is -0.480 e. The maximum absolute atomic E-state index is 12.3. The van der Waals surface area contributed by atoms with Gasteiger partial charge in [0.2, 0.25) is 5.88 Å². The Hall–Kier alpha value is -1.43. The van der Waals surface area contributed by atoms with Crippen LogP contribution in [-0.2, 0) is 0 Å². The number of alkyl halides is 2. The third kappa shape index (κ3) is 2.33. The van der Waals surface area contributed by atoms with E-state index < -0.39 is 18.0 Å². The van der Waals surface area contributed by atoms with Gasteiger partial charge in [-0.15, -0.1) is 0 Å². The summed E-state index contributed by atoms with van der Waals surface area (Å²) < 4.78 is 29.3. The monoisotopic (exact) mass is 236 g/mol. The van der Waals surface area contributed by atoms with Crippen molar-refractivity contribution in [1.29, 1.82) is 0 Å². The number of hydrogen-bond acceptors (Lipinski definition) is 3. The summed E-state index contributed by atoms with van der Waals surface area (Å²) in [4.78, 5) is 14.3. The molecule has 0 bridgehead atoms. The first kappa shape index (κ1) is 11.6. The summed E-state index contributed by atoms with van der Waals surface area (Å²) in [6.45, 7) is 0. The van der Waals surface area contributed by atoms with Crippen molar-refractivity contribution < 1.29 is 18.3 Å². The van der Waals surface area contributed by atoms with Crippen molar-refractivity contribution in [2.24, 2.45) is 5.73 Å². The lowest BCUT2D eigenvalue weighted by Gasteiger charge is -2.08. The largest absolute Gasteiger partial charge is 0.480 e. The highest BCUT2D eigenvalue weighted by atomic mass is 35.5. The number of halogens is 3. The summed E-state index contributed by atoms with van der Waals surface area (Å²) in [6, 6.07) is 0.884. The Balaban J connectivity index is 3.37. The number of rotatable bonds is 3. The van der Waals surface area contributed by atoms with Gasteiger partial charge in [-0.05, 0) is 6.07 Å². The van der Waals surface area contributed by atoms with Gasteiger partial charge in [0.25, 0.3) is 12.3 Å². The lowest BCUT2D eigenvalue weighted by atomic mass is 10.2. The molecular formula is C8H7ClF2N2O2. The quantitative estimate of drug-likeness (QED) is 0.870. The fraction of sp³-hybridized carbons (Fsp3) is 0.250. The van der Waals surface area contributed by atoms with Crippen molar-refractivity contribution in [1.82, 2.24) is 4.98 Å². The summed E-state index contributed by atoms with van der Waals surface area (Å²) in [5.41, 5.74) is 4.21. The molecule has 4 nitrogen and oxygen atoms in total. The number of ether oxygens (including phenoxy) is 1. The zero-order valence-electron chi connectivity index (χ0n) is 7.63. The van der Waals surface area contributed by atoms with E-state index in [1.807, 2.05) is 0 Å². The zero-order valence-corrected chi connectivity index (χ0v) is 8.39. The van der Waals surface area contributed by atoms with Gasteiger partial charge in [-0.25, -0.2) is 13.8 Å². The van der Waals surface area contributed by atoms with Crippen LogP contribution in [0.25, 0.3) is 0 Å². The van der Waals surface area contributed by atoms with Gasteiger partial charge >= 0.3 is 0 Å². The molecule has 2 N–H and O–H groups in total. The molecule has 0 atom stereocenters. The number of pyridine rings is 1. The molecule has 1 heterocycles. The highest BCUT2D eigenvalue weighted by molar-refractivity contribution is 6.34. The van der Waals surface area contributed by atoms with Crippen LogP contribution in [0.4, 0.5) is 8.78 Å². The predicted molar refractivity (Wildman–Crippen MR) is 49.3 cm³/mol. The van der Waals surface area contributed by atoms with Gasteiger partial charge in [0, 0.05) is 0 Å². The van der Waals surface area contributed by atoms with Crippen LogP contribution < -0.4 is 10.5 Å². The second-order valence-corrected chi connectivity index (χ2v) is 2.99. The standard InChI is InChI=1S/C8H7ClF2N2O2/c1-15-8-5(7(12)14)3(9)2-4(13-8)6(10)11/h2,6H,1H3,(H2,12,14). The molecule has 0 spiro atoms. The van der Waals surface area contributed by atoms with E-state index >= 15 is 0 Å². The third-order valence-electron chi connectivity index (χ3n) is 1.62. The average molecular weight is 237 g/mol. The van der Waals surface area contributed by atoms with Crippen molar-refractivity contribution in [2.75, 3.05) is 7.11 Å². The molecule has 1 aromatic rings. The smallest absolute Gasteiger partial charge is 0.280 e. The van der Waals surface area contributed by atoms with Crippen LogP contribution in [-0.4, -0.2) is 18.0 Å². The van der Waals surface area contributed by atoms with Crippen molar-refractivity contribution in [2.45, 2.75) is 6.43 Å². The maximum Gasteiger partial charge on any atom is 0.280 e. The number of primary amides is 1. The number of methoxy groups -OCH3 is 1. The van der Waals surface area contributed by atoms with E-state index in [1.54, 1.807) is 0 Å². The number of nitrogens with zero attached hydrogens (tertiary/aromatic N) is 1. The van der Waals surface area contributed by atoms with Crippen LogP contribution in [0.2, 0.25) is 5.02 Å². The van der Waals surface area contributed by atoms with Gasteiger partial charge in [0.05, 0.1) is 12.1 Å². The van der Waals surface area contributed by atoms with Crippen LogP contribution in [0.5, 0.6) is 5.88 Å². The Kier molecular flexibility index (Phi) is 3.41. The fourth-order valence-electron chi connectivity index (χ4n) is 0.992. The summed E-state index contributed by atoms with van der Waals surface area (Å²) in [6.07, 6.45) is -2.79. The summed E-state index contributed by atoms with van der Waals surface area (Å²) in [7, 11) is 1.18. The molecule has 7 heteroatoms. The van der Waals surface area contributed by atoms with E-state index in [1.165, 1.54) is 7.11 Å². The van der Waals surface area contributed by atoms with Gasteiger partial charge in [-0.2, -0.15) is 0 Å². The first-order valence-electron chi connectivity index (χ1n) is 3.79. The zero-order chi connectivity index (χ0) is 11.6. The molecule has 0 fully saturated rings. The molecule has 15 heavy (non-hydrogen) atoms. The molecule has 1 rings (SSSR count). The lowest BCUT2D eigenvalue weighted by molar-refractivity contribution is 0.0995. The van der Waals surface area contributed by atoms with Gasteiger partial charge < -0.3 is 10.5 Å². The molecule has 0 saturated carbocycles. The lowest BCUT2D eigenvalue weighted by Crippen LogP contribution is -2.14. The van der Waals surface area contributed by atoms with Gasteiger partial charge in [0.1, 0.15) is 11.3 Å². The van der Waals surface area contributed by atoms with E-state index in [9.17, 15) is 13.6 Å². The number of carbonyl (C=O) groups is 1. The minimum atomic E-state index is -2.79. The Morgan fingerprint density at radius 1 is 1.67 bits per heavy atom. The summed E-state index contributed by atoms with van der Waals surface area (Å²) in [5, 5.41) is -0.204. The SMILES string of the molecule is COc1nc(C(F)F)cc(Cl)c1C(N)=O. The van der Waals surface area contributed by atoms with E-state index in [0.717, 1.165) is 6.07 Å². The Labute approximate surface area is 89.0 Å².